The molecule has 0 bridgehead atoms. The smallest absolute Gasteiger partial charge is 0.0126 e. The fourth-order valence-corrected chi connectivity index (χ4v) is 3.95. The monoisotopic (exact) mass is 362 g/mol. The van der Waals surface area contributed by atoms with E-state index in [2.05, 4.69) is 104 Å². The van der Waals surface area contributed by atoms with Gasteiger partial charge in [0.1, 0.15) is 0 Å². The summed E-state index contributed by atoms with van der Waals surface area (Å²) in [4.78, 5) is 0. The molecule has 0 saturated carbocycles. The molecule has 0 saturated heterocycles. The van der Waals surface area contributed by atoms with Crippen molar-refractivity contribution in [3.8, 4) is 0 Å². The SMILES string of the molecule is C.C=C(/C(C)=C(\C(=C(\C)CC(C)(C)C)C(C)(C)C)C(C)(C)C)C(C)(C)C. The van der Waals surface area contributed by atoms with Crippen molar-refractivity contribution in [3.63, 3.8) is 0 Å². The zero-order valence-electron chi connectivity index (χ0n) is 19.9. The van der Waals surface area contributed by atoms with E-state index in [0.717, 1.165) is 6.42 Å². The first kappa shape index (κ1) is 27.4. The van der Waals surface area contributed by atoms with Crippen molar-refractivity contribution in [2.24, 2.45) is 21.7 Å². The van der Waals surface area contributed by atoms with Crippen LogP contribution in [0.25, 0.3) is 0 Å². The third kappa shape index (κ3) is 7.85. The predicted octanol–water partition coefficient (Wildman–Crippen LogP) is 9.39. The van der Waals surface area contributed by atoms with Crippen LogP contribution in [-0.4, -0.2) is 0 Å². The summed E-state index contributed by atoms with van der Waals surface area (Å²) < 4.78 is 0. The second-order valence-electron chi connectivity index (χ2n) is 12.1. The van der Waals surface area contributed by atoms with Crippen LogP contribution in [0.5, 0.6) is 0 Å². The summed E-state index contributed by atoms with van der Waals surface area (Å²) >= 11 is 0. The largest absolute Gasteiger partial charge is 0.0950 e. The second-order valence-corrected chi connectivity index (χ2v) is 12.1. The molecular weight excluding hydrogens is 312 g/mol. The van der Waals surface area contributed by atoms with Gasteiger partial charge in [-0.15, -0.1) is 0 Å². The van der Waals surface area contributed by atoms with Crippen molar-refractivity contribution >= 4 is 0 Å². The van der Waals surface area contributed by atoms with Crippen LogP contribution in [0.1, 0.15) is 111 Å². The maximum atomic E-state index is 4.48. The minimum Gasteiger partial charge on any atom is -0.0950 e. The van der Waals surface area contributed by atoms with Gasteiger partial charge in [-0.05, 0) is 64.2 Å². The molecule has 0 aromatic carbocycles. The molecule has 0 rings (SSSR count). The molecule has 0 aliphatic carbocycles. The lowest BCUT2D eigenvalue weighted by atomic mass is 9.66. The molecule has 0 heterocycles. The molecular formula is C26H50. The Morgan fingerprint density at radius 1 is 0.615 bits per heavy atom. The number of rotatable bonds is 3. The quantitative estimate of drug-likeness (QED) is 0.438. The maximum absolute atomic E-state index is 4.48. The van der Waals surface area contributed by atoms with Gasteiger partial charge < -0.3 is 0 Å². The Balaban J connectivity index is 0. The second kappa shape index (κ2) is 8.49. The van der Waals surface area contributed by atoms with E-state index in [1.807, 2.05) is 0 Å². The van der Waals surface area contributed by atoms with E-state index in [1.165, 1.54) is 27.9 Å². The van der Waals surface area contributed by atoms with E-state index < -0.39 is 0 Å². The summed E-state index contributed by atoms with van der Waals surface area (Å²) in [5, 5.41) is 0. The maximum Gasteiger partial charge on any atom is -0.0126 e. The Hall–Kier alpha value is -0.780. The molecule has 0 nitrogen and oxygen atoms in total. The van der Waals surface area contributed by atoms with E-state index >= 15 is 0 Å². The predicted molar refractivity (Wildman–Crippen MR) is 124 cm³/mol. The molecule has 0 N–H and O–H groups in total. The van der Waals surface area contributed by atoms with Crippen LogP contribution in [-0.2, 0) is 0 Å². The minimum absolute atomic E-state index is 0. The fourth-order valence-electron chi connectivity index (χ4n) is 3.95. The molecule has 0 fully saturated rings. The van der Waals surface area contributed by atoms with Crippen molar-refractivity contribution in [1.29, 1.82) is 0 Å². The standard InChI is InChI=1S/C25H46.CH4/c1-17(16-22(4,5)6)20(24(10,11)12)21(25(13,14)15)18(2)19(3)23(7,8)9;/h3,16H2,1-2,4-15H3;1H4/b20-17+,21-18+;. The highest BCUT2D eigenvalue weighted by Gasteiger charge is 2.33. The highest BCUT2D eigenvalue weighted by Crippen LogP contribution is 2.48. The summed E-state index contributed by atoms with van der Waals surface area (Å²) in [6, 6.07) is 0. The molecule has 0 aliphatic heterocycles. The normalized spacial score (nSPS) is 15.8. The number of hydrogen-bond donors (Lipinski definition) is 0. The van der Waals surface area contributed by atoms with Gasteiger partial charge in [-0.25, -0.2) is 0 Å². The van der Waals surface area contributed by atoms with Crippen molar-refractivity contribution in [2.75, 3.05) is 0 Å². The van der Waals surface area contributed by atoms with Crippen LogP contribution in [0.2, 0.25) is 0 Å². The van der Waals surface area contributed by atoms with Gasteiger partial charge in [0.25, 0.3) is 0 Å². The molecule has 0 radical (unpaired) electrons. The average molecular weight is 363 g/mol. The average Bonchev–Trinajstić information content (AvgIpc) is 2.27. The van der Waals surface area contributed by atoms with Crippen molar-refractivity contribution in [1.82, 2.24) is 0 Å². The van der Waals surface area contributed by atoms with Gasteiger partial charge in [0.2, 0.25) is 0 Å². The third-order valence-corrected chi connectivity index (χ3v) is 4.71. The van der Waals surface area contributed by atoms with Gasteiger partial charge in [-0.2, -0.15) is 0 Å². The van der Waals surface area contributed by atoms with Gasteiger partial charge in [-0.1, -0.05) is 103 Å². The molecule has 0 aromatic heterocycles. The van der Waals surface area contributed by atoms with Crippen LogP contribution >= 0.6 is 0 Å². The van der Waals surface area contributed by atoms with E-state index in [1.54, 1.807) is 0 Å². The van der Waals surface area contributed by atoms with Gasteiger partial charge in [0.15, 0.2) is 0 Å². The molecule has 0 unspecified atom stereocenters. The first-order valence-electron chi connectivity index (χ1n) is 9.81. The Bertz CT molecular complexity index is 549. The van der Waals surface area contributed by atoms with E-state index in [-0.39, 0.29) is 23.7 Å². The van der Waals surface area contributed by atoms with Crippen LogP contribution in [0.4, 0.5) is 0 Å². The molecule has 0 aromatic rings. The van der Waals surface area contributed by atoms with Crippen molar-refractivity contribution in [2.45, 2.75) is 111 Å². The lowest BCUT2D eigenvalue weighted by molar-refractivity contribution is 0.391. The van der Waals surface area contributed by atoms with E-state index in [4.69, 9.17) is 0 Å². The Kier molecular flexibility index (Phi) is 8.96. The van der Waals surface area contributed by atoms with Crippen LogP contribution < -0.4 is 0 Å². The van der Waals surface area contributed by atoms with Crippen LogP contribution in [0.3, 0.4) is 0 Å². The molecule has 0 atom stereocenters. The van der Waals surface area contributed by atoms with E-state index in [0.29, 0.717) is 5.41 Å². The fraction of sp³-hybridized carbons (Fsp3) is 0.769. The van der Waals surface area contributed by atoms with E-state index in [9.17, 15) is 0 Å². The Morgan fingerprint density at radius 3 is 1.19 bits per heavy atom. The zero-order chi connectivity index (χ0) is 20.6. The summed E-state index contributed by atoms with van der Waals surface area (Å²) in [5.74, 6) is 0. The summed E-state index contributed by atoms with van der Waals surface area (Å²) in [5.41, 5.74) is 7.73. The number of allylic oxidation sites excluding steroid dienone is 5. The molecule has 0 aliphatic rings. The topological polar surface area (TPSA) is 0 Å². The molecule has 0 amide bonds. The zero-order valence-corrected chi connectivity index (χ0v) is 19.9. The molecule has 26 heavy (non-hydrogen) atoms. The Morgan fingerprint density at radius 2 is 0.962 bits per heavy atom. The lowest BCUT2D eigenvalue weighted by Gasteiger charge is -2.39. The van der Waals surface area contributed by atoms with Crippen LogP contribution in [0.15, 0.2) is 34.4 Å². The van der Waals surface area contributed by atoms with Crippen molar-refractivity contribution in [3.05, 3.63) is 34.4 Å². The summed E-state index contributed by atoms with van der Waals surface area (Å²) in [6.07, 6.45) is 1.12. The first-order chi connectivity index (χ1) is 10.7. The molecule has 0 heteroatoms. The Labute approximate surface area is 167 Å². The highest BCUT2D eigenvalue weighted by molar-refractivity contribution is 5.51. The highest BCUT2D eigenvalue weighted by atomic mass is 14.4. The summed E-state index contributed by atoms with van der Waals surface area (Å²) in [7, 11) is 0. The molecule has 0 spiro atoms. The first-order valence-corrected chi connectivity index (χ1v) is 9.81. The van der Waals surface area contributed by atoms with Gasteiger partial charge in [-0.3, -0.25) is 0 Å². The lowest BCUT2D eigenvalue weighted by Crippen LogP contribution is -2.25. The van der Waals surface area contributed by atoms with Gasteiger partial charge >= 0.3 is 0 Å². The minimum atomic E-state index is 0. The van der Waals surface area contributed by atoms with Crippen LogP contribution in [0, 0.1) is 21.7 Å². The number of hydrogen-bond acceptors (Lipinski definition) is 0. The van der Waals surface area contributed by atoms with Crippen molar-refractivity contribution < 1.29 is 0 Å². The summed E-state index contributed by atoms with van der Waals surface area (Å²) in [6.45, 7) is 37.0. The van der Waals surface area contributed by atoms with Gasteiger partial charge in [0.05, 0.1) is 0 Å². The third-order valence-electron chi connectivity index (χ3n) is 4.71. The van der Waals surface area contributed by atoms with Gasteiger partial charge in [0, 0.05) is 0 Å². The molecule has 154 valence electrons.